The minimum Gasteiger partial charge on any atom is -0.481 e. The predicted molar refractivity (Wildman–Crippen MR) is 93.3 cm³/mol. The van der Waals surface area contributed by atoms with E-state index in [1.54, 1.807) is 12.4 Å². The van der Waals surface area contributed by atoms with Crippen LogP contribution >= 0.6 is 0 Å². The van der Waals surface area contributed by atoms with Gasteiger partial charge in [0.1, 0.15) is 0 Å². The minimum atomic E-state index is -0.801. The summed E-state index contributed by atoms with van der Waals surface area (Å²) in [6, 6.07) is 15.4. The van der Waals surface area contributed by atoms with Gasteiger partial charge in [-0.2, -0.15) is 0 Å². The number of fused-ring (bicyclic) bond motifs is 2. The Morgan fingerprint density at radius 3 is 2.17 bits per heavy atom. The number of para-hydroxylation sites is 2. The molecule has 0 saturated heterocycles. The largest absolute Gasteiger partial charge is 0.481 e. The van der Waals surface area contributed by atoms with Crippen LogP contribution in [0.1, 0.15) is 15.9 Å². The molecule has 0 atom stereocenters. The SMILES string of the molecule is O=C(O)Cc1c[nH]c2ccccc12.O=Cc1c[nH]c2ccccc12. The Morgan fingerprint density at radius 2 is 1.50 bits per heavy atom. The highest BCUT2D eigenvalue weighted by molar-refractivity contribution is 5.97. The summed E-state index contributed by atoms with van der Waals surface area (Å²) < 4.78 is 0. The number of aromatic amines is 2. The van der Waals surface area contributed by atoms with Crippen LogP contribution in [-0.2, 0) is 11.2 Å². The number of hydrogen-bond acceptors (Lipinski definition) is 2. The predicted octanol–water partition coefficient (Wildman–Crippen LogP) is 3.78. The van der Waals surface area contributed by atoms with E-state index in [4.69, 9.17) is 5.11 Å². The maximum absolute atomic E-state index is 10.5. The third-order valence-electron chi connectivity index (χ3n) is 3.76. The van der Waals surface area contributed by atoms with Gasteiger partial charge in [-0.1, -0.05) is 36.4 Å². The highest BCUT2D eigenvalue weighted by atomic mass is 16.4. The van der Waals surface area contributed by atoms with Gasteiger partial charge in [-0.05, 0) is 17.7 Å². The Bertz CT molecular complexity index is 998. The van der Waals surface area contributed by atoms with E-state index < -0.39 is 5.97 Å². The molecule has 0 aliphatic carbocycles. The van der Waals surface area contributed by atoms with E-state index in [1.807, 2.05) is 48.5 Å². The van der Waals surface area contributed by atoms with Crippen LogP contribution in [0.4, 0.5) is 0 Å². The lowest BCUT2D eigenvalue weighted by Gasteiger charge is -1.92. The summed E-state index contributed by atoms with van der Waals surface area (Å²) in [7, 11) is 0. The van der Waals surface area contributed by atoms with Crippen molar-refractivity contribution in [3.05, 3.63) is 72.1 Å². The van der Waals surface area contributed by atoms with Crippen molar-refractivity contribution in [2.24, 2.45) is 0 Å². The molecule has 4 aromatic rings. The Kier molecular flexibility index (Phi) is 4.43. The summed E-state index contributed by atoms with van der Waals surface area (Å²) in [6.45, 7) is 0. The summed E-state index contributed by atoms with van der Waals surface area (Å²) in [4.78, 5) is 27.0. The van der Waals surface area contributed by atoms with Crippen molar-refractivity contribution in [2.75, 3.05) is 0 Å². The van der Waals surface area contributed by atoms with Gasteiger partial charge in [-0.3, -0.25) is 9.59 Å². The number of aliphatic carboxylic acids is 1. The first-order valence-corrected chi connectivity index (χ1v) is 7.47. The molecule has 0 spiro atoms. The highest BCUT2D eigenvalue weighted by Crippen LogP contribution is 2.17. The quantitative estimate of drug-likeness (QED) is 0.502. The zero-order valence-electron chi connectivity index (χ0n) is 12.8. The maximum Gasteiger partial charge on any atom is 0.307 e. The molecule has 0 amide bonds. The lowest BCUT2D eigenvalue weighted by molar-refractivity contribution is -0.136. The molecule has 3 N–H and O–H groups in total. The summed E-state index contributed by atoms with van der Waals surface area (Å²) in [5.41, 5.74) is 3.55. The molecular weight excluding hydrogens is 304 g/mol. The average Bonchev–Trinajstić information content (AvgIpc) is 3.19. The van der Waals surface area contributed by atoms with Crippen LogP contribution < -0.4 is 0 Å². The number of nitrogens with one attached hydrogen (secondary N) is 2. The highest BCUT2D eigenvalue weighted by Gasteiger charge is 2.05. The first-order valence-electron chi connectivity index (χ1n) is 7.47. The second-order valence-corrected chi connectivity index (χ2v) is 5.34. The molecule has 4 rings (SSSR count). The smallest absolute Gasteiger partial charge is 0.307 e. The second kappa shape index (κ2) is 6.83. The van der Waals surface area contributed by atoms with E-state index in [2.05, 4.69) is 9.97 Å². The van der Waals surface area contributed by atoms with Crippen LogP contribution in [-0.4, -0.2) is 27.3 Å². The van der Waals surface area contributed by atoms with Gasteiger partial charge < -0.3 is 15.1 Å². The molecule has 2 aromatic carbocycles. The number of carbonyl (C=O) groups is 2. The summed E-state index contributed by atoms with van der Waals surface area (Å²) >= 11 is 0. The third kappa shape index (κ3) is 3.20. The molecule has 0 bridgehead atoms. The molecule has 0 saturated carbocycles. The molecule has 0 aliphatic heterocycles. The van der Waals surface area contributed by atoms with E-state index in [-0.39, 0.29) is 6.42 Å². The molecule has 0 unspecified atom stereocenters. The van der Waals surface area contributed by atoms with Gasteiger partial charge in [0, 0.05) is 39.8 Å². The van der Waals surface area contributed by atoms with Crippen molar-refractivity contribution in [3.8, 4) is 0 Å². The number of benzene rings is 2. The standard InChI is InChI=1S/C10H9NO2.C9H7NO/c12-10(13)5-7-6-11-9-4-2-1-3-8(7)9;11-6-7-5-10-9-4-2-1-3-8(7)9/h1-4,6,11H,5H2,(H,12,13);1-6,10H. The topological polar surface area (TPSA) is 85.9 Å². The molecule has 120 valence electrons. The molecular formula is C19H16N2O3. The molecule has 0 fully saturated rings. The molecule has 2 aromatic heterocycles. The number of aldehydes is 1. The van der Waals surface area contributed by atoms with Crippen molar-refractivity contribution in [2.45, 2.75) is 6.42 Å². The van der Waals surface area contributed by atoms with E-state index in [0.29, 0.717) is 0 Å². The number of hydrogen-bond donors (Lipinski definition) is 3. The monoisotopic (exact) mass is 320 g/mol. The van der Waals surface area contributed by atoms with Crippen molar-refractivity contribution in [1.29, 1.82) is 0 Å². The number of aromatic nitrogens is 2. The number of carbonyl (C=O) groups excluding carboxylic acids is 1. The zero-order chi connectivity index (χ0) is 16.9. The maximum atomic E-state index is 10.5. The Hall–Kier alpha value is -3.34. The minimum absolute atomic E-state index is 0.0734. The number of carboxylic acid groups (broad SMARTS) is 1. The van der Waals surface area contributed by atoms with Crippen LogP contribution in [0.3, 0.4) is 0 Å². The Balaban J connectivity index is 0.000000143. The first-order chi connectivity index (χ1) is 11.7. The fraction of sp³-hybridized carbons (Fsp3) is 0.0526. The van der Waals surface area contributed by atoms with Crippen LogP contribution in [0.5, 0.6) is 0 Å². The van der Waals surface area contributed by atoms with E-state index >= 15 is 0 Å². The molecule has 5 heteroatoms. The van der Waals surface area contributed by atoms with Crippen LogP contribution in [0.25, 0.3) is 21.8 Å². The van der Waals surface area contributed by atoms with Crippen LogP contribution in [0, 0.1) is 0 Å². The number of rotatable bonds is 3. The van der Waals surface area contributed by atoms with Crippen molar-refractivity contribution in [3.63, 3.8) is 0 Å². The Morgan fingerprint density at radius 1 is 0.917 bits per heavy atom. The number of carboxylic acids is 1. The van der Waals surface area contributed by atoms with Gasteiger partial charge in [0.25, 0.3) is 0 Å². The van der Waals surface area contributed by atoms with E-state index in [1.165, 1.54) is 0 Å². The zero-order valence-corrected chi connectivity index (χ0v) is 12.8. The van der Waals surface area contributed by atoms with Crippen LogP contribution in [0.2, 0.25) is 0 Å². The van der Waals surface area contributed by atoms with Gasteiger partial charge in [-0.25, -0.2) is 0 Å². The average molecular weight is 320 g/mol. The lowest BCUT2D eigenvalue weighted by atomic mass is 10.1. The molecule has 24 heavy (non-hydrogen) atoms. The lowest BCUT2D eigenvalue weighted by Crippen LogP contribution is -1.98. The van der Waals surface area contributed by atoms with Crippen LogP contribution in [0.15, 0.2) is 60.9 Å². The van der Waals surface area contributed by atoms with Gasteiger partial charge in [0.15, 0.2) is 6.29 Å². The fourth-order valence-corrected chi connectivity index (χ4v) is 2.63. The second-order valence-electron chi connectivity index (χ2n) is 5.34. The molecule has 5 nitrogen and oxygen atoms in total. The summed E-state index contributed by atoms with van der Waals surface area (Å²) in [5, 5.41) is 10.6. The summed E-state index contributed by atoms with van der Waals surface area (Å²) in [5.74, 6) is -0.801. The van der Waals surface area contributed by atoms with Gasteiger partial charge in [0.05, 0.1) is 6.42 Å². The third-order valence-corrected chi connectivity index (χ3v) is 3.76. The van der Waals surface area contributed by atoms with Gasteiger partial charge in [0.2, 0.25) is 0 Å². The number of H-pyrrole nitrogens is 2. The molecule has 0 radical (unpaired) electrons. The van der Waals surface area contributed by atoms with Gasteiger partial charge in [-0.15, -0.1) is 0 Å². The summed E-state index contributed by atoms with van der Waals surface area (Å²) in [6.07, 6.45) is 4.40. The van der Waals surface area contributed by atoms with Gasteiger partial charge >= 0.3 is 5.97 Å². The van der Waals surface area contributed by atoms with Crippen molar-refractivity contribution >= 4 is 34.1 Å². The van der Waals surface area contributed by atoms with E-state index in [9.17, 15) is 9.59 Å². The normalized spacial score (nSPS) is 10.3. The first kappa shape index (κ1) is 15.6. The van der Waals surface area contributed by atoms with Crippen molar-refractivity contribution < 1.29 is 14.7 Å². The molecule has 0 aliphatic rings. The fourth-order valence-electron chi connectivity index (χ4n) is 2.63. The van der Waals surface area contributed by atoms with E-state index in [0.717, 1.165) is 39.2 Å². The molecule has 2 heterocycles. The van der Waals surface area contributed by atoms with Crippen molar-refractivity contribution in [1.82, 2.24) is 9.97 Å². The Labute approximate surface area is 137 Å².